The molecule has 0 aliphatic rings. The first-order chi connectivity index (χ1) is 10.7. The van der Waals surface area contributed by atoms with Gasteiger partial charge in [0.05, 0.1) is 24.0 Å². The van der Waals surface area contributed by atoms with Gasteiger partial charge in [0.1, 0.15) is 4.60 Å². The SMILES string of the molecule is O=C(Cc1cc(-c2ccccc2)on1)Nc1ccc(Br)nc1. The molecule has 6 heteroatoms. The van der Waals surface area contributed by atoms with Gasteiger partial charge in [-0.1, -0.05) is 35.5 Å². The zero-order valence-electron chi connectivity index (χ0n) is 11.5. The number of halogens is 1. The van der Waals surface area contributed by atoms with Gasteiger partial charge in [-0.05, 0) is 28.1 Å². The maximum atomic E-state index is 12.0. The fraction of sp³-hybridized carbons (Fsp3) is 0.0625. The number of nitrogens with one attached hydrogen (secondary N) is 1. The monoisotopic (exact) mass is 357 g/mol. The van der Waals surface area contributed by atoms with Gasteiger partial charge < -0.3 is 9.84 Å². The lowest BCUT2D eigenvalue weighted by Crippen LogP contribution is -2.14. The predicted molar refractivity (Wildman–Crippen MR) is 86.2 cm³/mol. The van der Waals surface area contributed by atoms with E-state index in [9.17, 15) is 4.79 Å². The van der Waals surface area contributed by atoms with Crippen molar-refractivity contribution in [2.45, 2.75) is 6.42 Å². The Morgan fingerprint density at radius 1 is 1.18 bits per heavy atom. The molecule has 0 radical (unpaired) electrons. The summed E-state index contributed by atoms with van der Waals surface area (Å²) in [6.45, 7) is 0. The second-order valence-electron chi connectivity index (χ2n) is 4.64. The van der Waals surface area contributed by atoms with E-state index in [4.69, 9.17) is 4.52 Å². The van der Waals surface area contributed by atoms with Gasteiger partial charge >= 0.3 is 0 Å². The van der Waals surface area contributed by atoms with Gasteiger partial charge in [0, 0.05) is 11.6 Å². The Balaban J connectivity index is 1.65. The van der Waals surface area contributed by atoms with Gasteiger partial charge in [-0.15, -0.1) is 0 Å². The molecule has 0 fully saturated rings. The van der Waals surface area contributed by atoms with Crippen molar-refractivity contribution in [1.82, 2.24) is 10.1 Å². The molecule has 22 heavy (non-hydrogen) atoms. The highest BCUT2D eigenvalue weighted by molar-refractivity contribution is 9.10. The lowest BCUT2D eigenvalue weighted by Gasteiger charge is -2.02. The molecule has 5 nitrogen and oxygen atoms in total. The maximum absolute atomic E-state index is 12.0. The fourth-order valence-corrected chi connectivity index (χ4v) is 2.19. The number of rotatable bonds is 4. The van der Waals surface area contributed by atoms with Crippen molar-refractivity contribution < 1.29 is 9.32 Å². The first-order valence-electron chi connectivity index (χ1n) is 6.63. The van der Waals surface area contributed by atoms with E-state index in [0.29, 0.717) is 17.1 Å². The van der Waals surface area contributed by atoms with Crippen LogP contribution in [0.15, 0.2) is 63.9 Å². The van der Waals surface area contributed by atoms with Crippen LogP contribution in [0.5, 0.6) is 0 Å². The second-order valence-corrected chi connectivity index (χ2v) is 5.46. The molecule has 0 aliphatic carbocycles. The van der Waals surface area contributed by atoms with Gasteiger partial charge in [0.2, 0.25) is 5.91 Å². The first-order valence-corrected chi connectivity index (χ1v) is 7.42. The van der Waals surface area contributed by atoms with Crippen LogP contribution in [-0.4, -0.2) is 16.0 Å². The van der Waals surface area contributed by atoms with E-state index in [0.717, 1.165) is 10.2 Å². The number of nitrogens with zero attached hydrogens (tertiary/aromatic N) is 2. The molecule has 1 N–H and O–H groups in total. The third kappa shape index (κ3) is 3.59. The first kappa shape index (κ1) is 14.5. The molecule has 1 aromatic carbocycles. The van der Waals surface area contributed by atoms with E-state index in [2.05, 4.69) is 31.4 Å². The fourth-order valence-electron chi connectivity index (χ4n) is 1.95. The summed E-state index contributed by atoms with van der Waals surface area (Å²) in [4.78, 5) is 16.0. The third-order valence-corrected chi connectivity index (χ3v) is 3.44. The topological polar surface area (TPSA) is 68.0 Å². The minimum absolute atomic E-state index is 0.145. The Morgan fingerprint density at radius 3 is 2.73 bits per heavy atom. The second kappa shape index (κ2) is 6.53. The lowest BCUT2D eigenvalue weighted by molar-refractivity contribution is -0.115. The molecule has 0 spiro atoms. The number of hydrogen-bond donors (Lipinski definition) is 1. The lowest BCUT2D eigenvalue weighted by atomic mass is 10.1. The number of aromatic nitrogens is 2. The minimum atomic E-state index is -0.169. The highest BCUT2D eigenvalue weighted by atomic mass is 79.9. The van der Waals surface area contributed by atoms with Crippen LogP contribution in [0, 0.1) is 0 Å². The number of hydrogen-bond acceptors (Lipinski definition) is 4. The van der Waals surface area contributed by atoms with E-state index in [1.54, 1.807) is 24.4 Å². The van der Waals surface area contributed by atoms with Crippen molar-refractivity contribution in [3.8, 4) is 11.3 Å². The summed E-state index contributed by atoms with van der Waals surface area (Å²) in [5, 5.41) is 6.69. The van der Waals surface area contributed by atoms with Crippen LogP contribution >= 0.6 is 15.9 Å². The summed E-state index contributed by atoms with van der Waals surface area (Å²) in [6.07, 6.45) is 1.73. The van der Waals surface area contributed by atoms with Crippen LogP contribution in [0.4, 0.5) is 5.69 Å². The van der Waals surface area contributed by atoms with Crippen LogP contribution in [0.1, 0.15) is 5.69 Å². The summed E-state index contributed by atoms with van der Waals surface area (Å²) in [7, 11) is 0. The molecule has 2 aromatic heterocycles. The molecular weight excluding hydrogens is 346 g/mol. The minimum Gasteiger partial charge on any atom is -0.356 e. The molecule has 0 unspecified atom stereocenters. The Morgan fingerprint density at radius 2 is 2.00 bits per heavy atom. The van der Waals surface area contributed by atoms with E-state index < -0.39 is 0 Å². The van der Waals surface area contributed by atoms with Crippen LogP contribution in [0.2, 0.25) is 0 Å². The molecule has 0 saturated carbocycles. The molecule has 2 heterocycles. The predicted octanol–water partition coefficient (Wildman–Crippen LogP) is 3.68. The molecule has 3 aromatic rings. The standard InChI is InChI=1S/C16H12BrN3O2/c17-15-7-6-12(10-18-15)19-16(21)9-13-8-14(22-20-13)11-4-2-1-3-5-11/h1-8,10H,9H2,(H,19,21). The van der Waals surface area contributed by atoms with Gasteiger partial charge in [-0.2, -0.15) is 0 Å². The Hall–Kier alpha value is -2.47. The molecule has 0 atom stereocenters. The van der Waals surface area contributed by atoms with Crippen LogP contribution in [0.25, 0.3) is 11.3 Å². The summed E-state index contributed by atoms with van der Waals surface area (Å²) in [6, 6.07) is 14.9. The van der Waals surface area contributed by atoms with Crippen molar-refractivity contribution in [2.75, 3.05) is 5.32 Å². The van der Waals surface area contributed by atoms with E-state index in [-0.39, 0.29) is 12.3 Å². The van der Waals surface area contributed by atoms with Gasteiger partial charge in [-0.3, -0.25) is 4.79 Å². The van der Waals surface area contributed by atoms with Crippen molar-refractivity contribution in [2.24, 2.45) is 0 Å². The van der Waals surface area contributed by atoms with Crippen molar-refractivity contribution in [3.05, 3.63) is 65.0 Å². The quantitative estimate of drug-likeness (QED) is 0.723. The van der Waals surface area contributed by atoms with Gasteiger partial charge in [0.25, 0.3) is 0 Å². The molecule has 1 amide bonds. The molecule has 0 bridgehead atoms. The van der Waals surface area contributed by atoms with Crippen LogP contribution in [0.3, 0.4) is 0 Å². The van der Waals surface area contributed by atoms with E-state index >= 15 is 0 Å². The largest absolute Gasteiger partial charge is 0.356 e. The van der Waals surface area contributed by atoms with Gasteiger partial charge in [0.15, 0.2) is 5.76 Å². The summed E-state index contributed by atoms with van der Waals surface area (Å²) in [5.74, 6) is 0.478. The van der Waals surface area contributed by atoms with Crippen molar-refractivity contribution >= 4 is 27.5 Å². The number of amides is 1. The number of pyridine rings is 1. The smallest absolute Gasteiger partial charge is 0.230 e. The molecule has 0 saturated heterocycles. The number of carbonyl (C=O) groups is 1. The summed E-state index contributed by atoms with van der Waals surface area (Å²) >= 11 is 3.24. The number of anilines is 1. The maximum Gasteiger partial charge on any atom is 0.230 e. The molecule has 0 aliphatic heterocycles. The Labute approximate surface area is 135 Å². The average Bonchev–Trinajstić information content (AvgIpc) is 2.99. The number of benzene rings is 1. The Bertz CT molecular complexity index is 770. The highest BCUT2D eigenvalue weighted by Crippen LogP contribution is 2.20. The zero-order chi connectivity index (χ0) is 15.4. The number of carbonyl (C=O) groups excluding carboxylic acids is 1. The molecular formula is C16H12BrN3O2. The summed E-state index contributed by atoms with van der Waals surface area (Å²) < 4.78 is 5.99. The van der Waals surface area contributed by atoms with Crippen LogP contribution in [-0.2, 0) is 11.2 Å². The average molecular weight is 358 g/mol. The van der Waals surface area contributed by atoms with Crippen LogP contribution < -0.4 is 5.32 Å². The molecule has 110 valence electrons. The zero-order valence-corrected chi connectivity index (χ0v) is 13.1. The Kier molecular flexibility index (Phi) is 4.29. The normalized spacial score (nSPS) is 10.4. The van der Waals surface area contributed by atoms with E-state index in [1.807, 2.05) is 30.3 Å². The van der Waals surface area contributed by atoms with Crippen molar-refractivity contribution in [3.63, 3.8) is 0 Å². The third-order valence-electron chi connectivity index (χ3n) is 2.97. The van der Waals surface area contributed by atoms with Crippen molar-refractivity contribution in [1.29, 1.82) is 0 Å². The van der Waals surface area contributed by atoms with E-state index in [1.165, 1.54) is 0 Å². The highest BCUT2D eigenvalue weighted by Gasteiger charge is 2.10. The molecule has 3 rings (SSSR count). The van der Waals surface area contributed by atoms with Gasteiger partial charge in [-0.25, -0.2) is 4.98 Å². The summed E-state index contributed by atoms with van der Waals surface area (Å²) in [5.41, 5.74) is 2.15.